The van der Waals surface area contributed by atoms with Crippen LogP contribution in [0.15, 0.2) is 18.2 Å². The van der Waals surface area contributed by atoms with Gasteiger partial charge in [-0.1, -0.05) is 37.8 Å². The summed E-state index contributed by atoms with van der Waals surface area (Å²) < 4.78 is 0. The number of benzene rings is 1. The molecule has 0 aromatic heterocycles. The fourth-order valence-corrected chi connectivity index (χ4v) is 7.17. The van der Waals surface area contributed by atoms with E-state index in [0.717, 1.165) is 41.3 Å². The molecular weight excluding hydrogens is 318 g/mol. The molecule has 6 atom stereocenters. The molecule has 2 saturated carbocycles. The van der Waals surface area contributed by atoms with Gasteiger partial charge in [-0.25, -0.2) is 0 Å². The molecule has 1 aromatic rings. The minimum absolute atomic E-state index is 0.605. The van der Waals surface area contributed by atoms with Crippen LogP contribution in [0.4, 0.5) is 11.4 Å². The van der Waals surface area contributed by atoms with E-state index in [0.29, 0.717) is 5.92 Å². The summed E-state index contributed by atoms with van der Waals surface area (Å²) >= 11 is 0. The first kappa shape index (κ1) is 16.9. The van der Waals surface area contributed by atoms with Gasteiger partial charge in [0.2, 0.25) is 0 Å². The van der Waals surface area contributed by atoms with Gasteiger partial charge in [0.15, 0.2) is 0 Å². The van der Waals surface area contributed by atoms with E-state index in [1.807, 2.05) is 6.07 Å². The molecule has 0 unspecified atom stereocenters. The van der Waals surface area contributed by atoms with Crippen molar-refractivity contribution in [1.29, 1.82) is 0 Å². The number of anilines is 2. The SMILES string of the molecule is Nc1cccc([C@H]2C[C@H]3CCC[C@@H](C2)N3[C@H]2C[C@@H]3CCC[C@@H](C3)C2)c1N. The van der Waals surface area contributed by atoms with E-state index in [2.05, 4.69) is 17.0 Å². The number of piperidine rings is 2. The predicted molar refractivity (Wildman–Crippen MR) is 109 cm³/mol. The Morgan fingerprint density at radius 2 is 1.38 bits per heavy atom. The number of hydrogen-bond donors (Lipinski definition) is 2. The summed E-state index contributed by atoms with van der Waals surface area (Å²) in [5.74, 6) is 2.65. The van der Waals surface area contributed by atoms with Gasteiger partial charge in [0, 0.05) is 18.1 Å². The smallest absolute Gasteiger partial charge is 0.0583 e. The summed E-state index contributed by atoms with van der Waals surface area (Å²) in [7, 11) is 0. The lowest BCUT2D eigenvalue weighted by Gasteiger charge is -2.55. The molecule has 2 aliphatic carbocycles. The summed E-state index contributed by atoms with van der Waals surface area (Å²) in [6.07, 6.45) is 15.8. The molecule has 4 N–H and O–H groups in total. The number of fused-ring (bicyclic) bond motifs is 4. The van der Waals surface area contributed by atoms with Crippen LogP contribution in [0.2, 0.25) is 0 Å². The van der Waals surface area contributed by atoms with E-state index in [9.17, 15) is 0 Å². The van der Waals surface area contributed by atoms with Gasteiger partial charge in [0.1, 0.15) is 0 Å². The third kappa shape index (κ3) is 2.93. The quantitative estimate of drug-likeness (QED) is 0.742. The van der Waals surface area contributed by atoms with E-state index >= 15 is 0 Å². The first-order valence-electron chi connectivity index (χ1n) is 11.1. The number of hydrogen-bond acceptors (Lipinski definition) is 3. The van der Waals surface area contributed by atoms with Crippen LogP contribution in [-0.4, -0.2) is 23.0 Å². The van der Waals surface area contributed by atoms with Crippen molar-refractivity contribution in [3.63, 3.8) is 0 Å². The van der Waals surface area contributed by atoms with Crippen LogP contribution in [0.3, 0.4) is 0 Å². The van der Waals surface area contributed by atoms with Gasteiger partial charge in [-0.2, -0.15) is 0 Å². The fraction of sp³-hybridized carbons (Fsp3) is 0.739. The standard InChI is InChI=1S/C23H35N3/c24-22-9-3-8-21(23(22)25)17-13-18-6-2-7-19(14-17)26(18)20-11-15-4-1-5-16(10-15)12-20/h3,8-9,15-20H,1-2,4-7,10-14,24-25H2/t15-,16+,17-,18+,19-,20+. The van der Waals surface area contributed by atoms with Crippen LogP contribution in [0, 0.1) is 11.8 Å². The van der Waals surface area contributed by atoms with Crippen LogP contribution in [0.5, 0.6) is 0 Å². The third-order valence-electron chi connectivity index (χ3n) is 8.17. The molecule has 0 radical (unpaired) electrons. The van der Waals surface area contributed by atoms with Crippen molar-refractivity contribution in [3.8, 4) is 0 Å². The van der Waals surface area contributed by atoms with Crippen molar-refractivity contribution >= 4 is 11.4 Å². The minimum Gasteiger partial charge on any atom is -0.397 e. The van der Waals surface area contributed by atoms with Crippen molar-refractivity contribution in [2.24, 2.45) is 11.8 Å². The zero-order valence-electron chi connectivity index (χ0n) is 16.1. The molecule has 4 aliphatic rings. The average molecular weight is 354 g/mol. The van der Waals surface area contributed by atoms with E-state index in [4.69, 9.17) is 11.5 Å². The first-order valence-corrected chi connectivity index (χ1v) is 11.1. The van der Waals surface area contributed by atoms with Gasteiger partial charge >= 0.3 is 0 Å². The van der Waals surface area contributed by atoms with Crippen LogP contribution in [0.25, 0.3) is 0 Å². The number of rotatable bonds is 2. The van der Waals surface area contributed by atoms with E-state index in [-0.39, 0.29) is 0 Å². The van der Waals surface area contributed by atoms with Gasteiger partial charge in [0.25, 0.3) is 0 Å². The number of nitrogen functional groups attached to an aromatic ring is 2. The number of nitrogens with two attached hydrogens (primary N) is 2. The summed E-state index contributed by atoms with van der Waals surface area (Å²) in [5.41, 5.74) is 15.4. The van der Waals surface area contributed by atoms with E-state index in [1.54, 1.807) is 0 Å². The molecule has 4 bridgehead atoms. The Labute approximate surface area is 158 Å². The Morgan fingerprint density at radius 3 is 2.08 bits per heavy atom. The number of para-hydroxylation sites is 1. The molecule has 2 heterocycles. The second-order valence-electron chi connectivity index (χ2n) is 9.73. The summed E-state index contributed by atoms with van der Waals surface area (Å²) in [4.78, 5) is 3.02. The Morgan fingerprint density at radius 1 is 0.731 bits per heavy atom. The highest BCUT2D eigenvalue weighted by Gasteiger charge is 2.45. The van der Waals surface area contributed by atoms with Gasteiger partial charge < -0.3 is 11.5 Å². The maximum Gasteiger partial charge on any atom is 0.0583 e. The second-order valence-corrected chi connectivity index (χ2v) is 9.73. The van der Waals surface area contributed by atoms with Gasteiger partial charge in [-0.15, -0.1) is 0 Å². The molecule has 3 nitrogen and oxygen atoms in total. The van der Waals surface area contributed by atoms with Gasteiger partial charge in [-0.3, -0.25) is 4.90 Å². The zero-order chi connectivity index (χ0) is 17.7. The lowest BCUT2D eigenvalue weighted by atomic mass is 9.67. The van der Waals surface area contributed by atoms with E-state index < -0.39 is 0 Å². The van der Waals surface area contributed by atoms with Crippen molar-refractivity contribution in [3.05, 3.63) is 23.8 Å². The van der Waals surface area contributed by atoms with Gasteiger partial charge in [0.05, 0.1) is 11.4 Å². The minimum atomic E-state index is 0.605. The molecule has 5 rings (SSSR count). The van der Waals surface area contributed by atoms with Crippen molar-refractivity contribution in [1.82, 2.24) is 4.90 Å². The molecule has 0 spiro atoms. The van der Waals surface area contributed by atoms with Gasteiger partial charge in [-0.05, 0) is 74.3 Å². The first-order chi connectivity index (χ1) is 12.7. The highest BCUT2D eigenvalue weighted by atomic mass is 15.2. The Hall–Kier alpha value is -1.22. The maximum absolute atomic E-state index is 6.36. The third-order valence-corrected chi connectivity index (χ3v) is 8.17. The molecular formula is C23H35N3. The molecule has 3 heteroatoms. The van der Waals surface area contributed by atoms with Crippen molar-refractivity contribution < 1.29 is 0 Å². The molecule has 0 amide bonds. The largest absolute Gasteiger partial charge is 0.397 e. The molecule has 4 fully saturated rings. The summed E-state index contributed by atoms with van der Waals surface area (Å²) in [6, 6.07) is 8.68. The summed E-state index contributed by atoms with van der Waals surface area (Å²) in [5, 5.41) is 0. The fourth-order valence-electron chi connectivity index (χ4n) is 7.17. The maximum atomic E-state index is 6.36. The van der Waals surface area contributed by atoms with E-state index in [1.165, 1.54) is 76.2 Å². The van der Waals surface area contributed by atoms with Crippen molar-refractivity contribution in [2.75, 3.05) is 11.5 Å². The lowest BCUT2D eigenvalue weighted by molar-refractivity contribution is -0.0411. The van der Waals surface area contributed by atoms with Crippen LogP contribution in [0.1, 0.15) is 82.1 Å². The molecule has 2 saturated heterocycles. The number of nitrogens with zero attached hydrogens (tertiary/aromatic N) is 1. The summed E-state index contributed by atoms with van der Waals surface area (Å²) in [6.45, 7) is 0. The Kier molecular flexibility index (Phi) is 4.39. The molecule has 2 aliphatic heterocycles. The molecule has 26 heavy (non-hydrogen) atoms. The Balaban J connectivity index is 1.37. The highest BCUT2D eigenvalue weighted by Crippen LogP contribution is 2.49. The van der Waals surface area contributed by atoms with Crippen LogP contribution in [-0.2, 0) is 0 Å². The zero-order valence-corrected chi connectivity index (χ0v) is 16.1. The second kappa shape index (κ2) is 6.74. The Bertz CT molecular complexity index is 631. The normalized spacial score (nSPS) is 40.3. The monoisotopic (exact) mass is 353 g/mol. The molecule has 1 aromatic carbocycles. The highest BCUT2D eigenvalue weighted by molar-refractivity contribution is 5.68. The predicted octanol–water partition coefficient (Wildman–Crippen LogP) is 4.92. The van der Waals surface area contributed by atoms with Crippen LogP contribution >= 0.6 is 0 Å². The lowest BCUT2D eigenvalue weighted by Crippen LogP contribution is -2.57. The topological polar surface area (TPSA) is 55.3 Å². The average Bonchev–Trinajstić information content (AvgIpc) is 2.62. The van der Waals surface area contributed by atoms with Crippen LogP contribution < -0.4 is 11.5 Å². The molecule has 142 valence electrons. The van der Waals surface area contributed by atoms with Crippen molar-refractivity contribution in [2.45, 2.75) is 94.7 Å².